The van der Waals surface area contributed by atoms with Crippen LogP contribution in [0.4, 0.5) is 0 Å². The summed E-state index contributed by atoms with van der Waals surface area (Å²) in [5.41, 5.74) is 7.62. The molecule has 1 atom stereocenters. The van der Waals surface area contributed by atoms with Crippen molar-refractivity contribution >= 4 is 30.7 Å². The number of hydrogen-bond acceptors (Lipinski definition) is 4. The van der Waals surface area contributed by atoms with Gasteiger partial charge in [-0.1, -0.05) is 18.2 Å². The number of likely N-dealkylation sites (tertiary alicyclic amines) is 1. The molecule has 1 fully saturated rings. The first kappa shape index (κ1) is 22.5. The molecule has 3 rings (SSSR count). The minimum Gasteiger partial charge on any atom is -0.441 e. The second kappa shape index (κ2) is 9.95. The fraction of sp³-hybridized carbons (Fsp3) is 0.474. The smallest absolute Gasteiger partial charge is 0.228 e. The summed E-state index contributed by atoms with van der Waals surface area (Å²) in [7, 11) is 0. The number of amides is 1. The lowest BCUT2D eigenvalue weighted by molar-refractivity contribution is -0.132. The second-order valence-corrected chi connectivity index (χ2v) is 6.64. The number of piperidine rings is 1. The minimum atomic E-state index is 0. The van der Waals surface area contributed by atoms with Gasteiger partial charge in [-0.15, -0.1) is 24.8 Å². The Morgan fingerprint density at radius 3 is 2.46 bits per heavy atom. The molecule has 0 spiro atoms. The molecule has 1 aliphatic rings. The quantitative estimate of drug-likeness (QED) is 0.851. The fourth-order valence-corrected chi connectivity index (χ4v) is 3.23. The van der Waals surface area contributed by atoms with Gasteiger partial charge in [-0.2, -0.15) is 0 Å². The highest BCUT2D eigenvalue weighted by molar-refractivity contribution is 5.85. The molecule has 0 radical (unpaired) electrons. The molecule has 0 saturated carbocycles. The Hall–Kier alpha value is -1.56. The van der Waals surface area contributed by atoms with E-state index >= 15 is 0 Å². The van der Waals surface area contributed by atoms with Crippen LogP contribution in [0.25, 0.3) is 11.5 Å². The van der Waals surface area contributed by atoms with Crippen LogP contribution in [-0.4, -0.2) is 34.9 Å². The Bertz CT molecular complexity index is 696. The van der Waals surface area contributed by atoms with E-state index < -0.39 is 0 Å². The predicted octanol–water partition coefficient (Wildman–Crippen LogP) is 3.62. The van der Waals surface area contributed by atoms with Crippen LogP contribution >= 0.6 is 24.8 Å². The number of aryl methyl sites for hydroxylation is 1. The van der Waals surface area contributed by atoms with Gasteiger partial charge >= 0.3 is 0 Å². The Morgan fingerprint density at radius 2 is 1.88 bits per heavy atom. The number of halogens is 2. The van der Waals surface area contributed by atoms with Crippen LogP contribution in [0.15, 0.2) is 34.7 Å². The molecular weight excluding hydrogens is 373 g/mol. The van der Waals surface area contributed by atoms with Gasteiger partial charge < -0.3 is 15.1 Å². The third-order valence-electron chi connectivity index (χ3n) is 4.87. The van der Waals surface area contributed by atoms with Crippen LogP contribution in [0.2, 0.25) is 0 Å². The van der Waals surface area contributed by atoms with E-state index in [1.807, 2.05) is 49.1 Å². The maximum absolute atomic E-state index is 12.6. The van der Waals surface area contributed by atoms with E-state index in [1.54, 1.807) is 0 Å². The molecule has 144 valence electrons. The highest BCUT2D eigenvalue weighted by atomic mass is 35.5. The standard InChI is InChI=1S/C19H25N3O2.2ClH/c1-13(20)15-8-10-22(11-9-15)18(23)12-17-14(2)24-19(21-17)16-6-4-3-5-7-16;;/h3-7,13,15H,8-12,20H2,1-2H3;2*1H. The van der Waals surface area contributed by atoms with Crippen LogP contribution in [0.1, 0.15) is 31.2 Å². The molecule has 0 aliphatic carbocycles. The lowest BCUT2D eigenvalue weighted by Crippen LogP contribution is -2.43. The summed E-state index contributed by atoms with van der Waals surface area (Å²) in [4.78, 5) is 19.0. The molecule has 0 bridgehead atoms. The number of oxazole rings is 1. The van der Waals surface area contributed by atoms with Crippen molar-refractivity contribution in [3.8, 4) is 11.5 Å². The third kappa shape index (κ3) is 5.22. The number of hydrogen-bond donors (Lipinski definition) is 1. The summed E-state index contributed by atoms with van der Waals surface area (Å²) < 4.78 is 5.74. The summed E-state index contributed by atoms with van der Waals surface area (Å²) in [6, 6.07) is 9.96. The van der Waals surface area contributed by atoms with Crippen LogP contribution in [0.3, 0.4) is 0 Å². The number of benzene rings is 1. The Kier molecular flexibility index (Phi) is 8.60. The van der Waals surface area contributed by atoms with E-state index in [4.69, 9.17) is 10.2 Å². The van der Waals surface area contributed by atoms with Crippen LogP contribution < -0.4 is 5.73 Å². The highest BCUT2D eigenvalue weighted by Crippen LogP contribution is 2.23. The van der Waals surface area contributed by atoms with Crippen molar-refractivity contribution in [1.82, 2.24) is 9.88 Å². The maximum atomic E-state index is 12.6. The average Bonchev–Trinajstić information content (AvgIpc) is 2.96. The normalized spacial score (nSPS) is 15.7. The summed E-state index contributed by atoms with van der Waals surface area (Å²) >= 11 is 0. The molecule has 1 saturated heterocycles. The molecule has 1 amide bonds. The van der Waals surface area contributed by atoms with Gasteiger partial charge in [0, 0.05) is 24.7 Å². The van der Waals surface area contributed by atoms with Gasteiger partial charge in [-0.3, -0.25) is 4.79 Å². The van der Waals surface area contributed by atoms with Crippen molar-refractivity contribution in [3.05, 3.63) is 41.8 Å². The van der Waals surface area contributed by atoms with Gasteiger partial charge in [-0.25, -0.2) is 4.98 Å². The van der Waals surface area contributed by atoms with Gasteiger partial charge in [0.2, 0.25) is 11.8 Å². The lowest BCUT2D eigenvalue weighted by Gasteiger charge is -2.33. The number of carbonyl (C=O) groups is 1. The molecular formula is C19H27Cl2N3O2. The van der Waals surface area contributed by atoms with Crippen LogP contribution in [-0.2, 0) is 11.2 Å². The average molecular weight is 400 g/mol. The Morgan fingerprint density at radius 1 is 1.27 bits per heavy atom. The first-order valence-corrected chi connectivity index (χ1v) is 8.59. The van der Waals surface area contributed by atoms with E-state index in [0.29, 0.717) is 24.0 Å². The molecule has 5 nitrogen and oxygen atoms in total. The second-order valence-electron chi connectivity index (χ2n) is 6.64. The Balaban J connectivity index is 0.00000169. The van der Waals surface area contributed by atoms with E-state index in [2.05, 4.69) is 4.98 Å². The first-order chi connectivity index (χ1) is 11.5. The molecule has 7 heteroatoms. The van der Waals surface area contributed by atoms with E-state index in [1.165, 1.54) is 0 Å². The molecule has 1 aliphatic heterocycles. The van der Waals surface area contributed by atoms with Crippen LogP contribution in [0.5, 0.6) is 0 Å². The number of rotatable bonds is 4. The largest absolute Gasteiger partial charge is 0.441 e. The number of nitrogens with zero attached hydrogens (tertiary/aromatic N) is 2. The molecule has 2 N–H and O–H groups in total. The van der Waals surface area contributed by atoms with E-state index in [0.717, 1.165) is 37.2 Å². The molecule has 26 heavy (non-hydrogen) atoms. The number of carbonyl (C=O) groups excluding carboxylic acids is 1. The van der Waals surface area contributed by atoms with Crippen molar-refractivity contribution < 1.29 is 9.21 Å². The molecule has 1 aromatic heterocycles. The minimum absolute atomic E-state index is 0. The van der Waals surface area contributed by atoms with Gasteiger partial charge in [0.15, 0.2) is 0 Å². The zero-order valence-corrected chi connectivity index (χ0v) is 16.8. The summed E-state index contributed by atoms with van der Waals surface area (Å²) in [5, 5.41) is 0. The van der Waals surface area contributed by atoms with Crippen molar-refractivity contribution in [2.75, 3.05) is 13.1 Å². The van der Waals surface area contributed by atoms with Crippen molar-refractivity contribution in [3.63, 3.8) is 0 Å². The number of aromatic nitrogens is 1. The first-order valence-electron chi connectivity index (χ1n) is 8.59. The van der Waals surface area contributed by atoms with Crippen LogP contribution in [0, 0.1) is 12.8 Å². The predicted molar refractivity (Wildman–Crippen MR) is 108 cm³/mol. The zero-order chi connectivity index (χ0) is 17.1. The van der Waals surface area contributed by atoms with E-state index in [-0.39, 0.29) is 36.8 Å². The Labute approximate surface area is 167 Å². The van der Waals surface area contributed by atoms with Crippen molar-refractivity contribution in [1.29, 1.82) is 0 Å². The third-order valence-corrected chi connectivity index (χ3v) is 4.87. The van der Waals surface area contributed by atoms with Crippen molar-refractivity contribution in [2.24, 2.45) is 11.7 Å². The zero-order valence-electron chi connectivity index (χ0n) is 15.2. The van der Waals surface area contributed by atoms with Crippen molar-refractivity contribution in [2.45, 2.75) is 39.2 Å². The van der Waals surface area contributed by atoms with Gasteiger partial charge in [0.05, 0.1) is 12.1 Å². The topological polar surface area (TPSA) is 72.4 Å². The van der Waals surface area contributed by atoms with Gasteiger partial charge in [0.25, 0.3) is 0 Å². The molecule has 2 aromatic rings. The summed E-state index contributed by atoms with van der Waals surface area (Å²) in [5.74, 6) is 1.93. The van der Waals surface area contributed by atoms with E-state index in [9.17, 15) is 4.79 Å². The maximum Gasteiger partial charge on any atom is 0.228 e. The summed E-state index contributed by atoms with van der Waals surface area (Å²) in [6.07, 6.45) is 2.26. The monoisotopic (exact) mass is 399 g/mol. The molecule has 1 unspecified atom stereocenters. The summed E-state index contributed by atoms with van der Waals surface area (Å²) in [6.45, 7) is 5.48. The lowest BCUT2D eigenvalue weighted by atomic mass is 9.91. The molecule has 2 heterocycles. The SMILES string of the molecule is Cc1oc(-c2ccccc2)nc1CC(=O)N1CCC(C(C)N)CC1.Cl.Cl. The number of nitrogens with two attached hydrogens (primary N) is 1. The van der Waals surface area contributed by atoms with Gasteiger partial charge in [0.1, 0.15) is 5.76 Å². The molecule has 1 aromatic carbocycles. The highest BCUT2D eigenvalue weighted by Gasteiger charge is 2.26. The fourth-order valence-electron chi connectivity index (χ4n) is 3.23. The van der Waals surface area contributed by atoms with Gasteiger partial charge in [-0.05, 0) is 44.7 Å².